The minimum atomic E-state index is -1.39. The maximum Gasteiger partial charge on any atom is 0.233 e. The number of rotatable bonds is 5. The van der Waals surface area contributed by atoms with Gasteiger partial charge < -0.3 is 11.1 Å². The van der Waals surface area contributed by atoms with Crippen LogP contribution in [0.15, 0.2) is 23.1 Å². The van der Waals surface area contributed by atoms with E-state index in [0.29, 0.717) is 23.0 Å². The molecule has 0 heterocycles. The average Bonchev–Trinajstić information content (AvgIpc) is 2.26. The highest BCUT2D eigenvalue weighted by molar-refractivity contribution is 7.86. The number of hydrogen-bond donors (Lipinski definition) is 2. The van der Waals surface area contributed by atoms with Crippen LogP contribution in [0.4, 0.5) is 5.69 Å². The molecule has 0 aliphatic rings. The van der Waals surface area contributed by atoms with Gasteiger partial charge in [0.1, 0.15) is 5.75 Å². The Hall–Kier alpha value is -1.36. The van der Waals surface area contributed by atoms with E-state index in [-0.39, 0.29) is 11.7 Å². The molecule has 0 aromatic heterocycles. The van der Waals surface area contributed by atoms with Gasteiger partial charge in [-0.15, -0.1) is 0 Å². The van der Waals surface area contributed by atoms with Gasteiger partial charge >= 0.3 is 0 Å². The van der Waals surface area contributed by atoms with Gasteiger partial charge in [-0.2, -0.15) is 0 Å². The average molecular weight is 268 g/mol. The number of anilines is 1. The molecule has 4 nitrogen and oxygen atoms in total. The van der Waals surface area contributed by atoms with Gasteiger partial charge in [0.25, 0.3) is 0 Å². The Kier molecular flexibility index (Phi) is 5.34. The molecular formula is C13H20N2O2S. The molecule has 1 amide bonds. The molecule has 0 fully saturated rings. The summed E-state index contributed by atoms with van der Waals surface area (Å²) in [6.45, 7) is 6.53. The van der Waals surface area contributed by atoms with Gasteiger partial charge in [-0.25, -0.2) is 0 Å². The van der Waals surface area contributed by atoms with E-state index in [1.54, 1.807) is 12.1 Å². The summed E-state index contributed by atoms with van der Waals surface area (Å²) in [5.41, 5.74) is 7.28. The lowest BCUT2D eigenvalue weighted by Gasteiger charge is -2.09. The molecular weight excluding hydrogens is 248 g/mol. The fourth-order valence-electron chi connectivity index (χ4n) is 1.44. The first-order chi connectivity index (χ1) is 8.40. The van der Waals surface area contributed by atoms with E-state index in [1.165, 1.54) is 0 Å². The monoisotopic (exact) mass is 268 g/mol. The SMILES string of the molecule is Cc1ccc(S(=O)CC(=O)NCC(C)C)c(N)c1. The highest BCUT2D eigenvalue weighted by atomic mass is 32.2. The van der Waals surface area contributed by atoms with Gasteiger partial charge in [0.15, 0.2) is 0 Å². The predicted octanol–water partition coefficient (Wildman–Crippen LogP) is 1.46. The van der Waals surface area contributed by atoms with E-state index in [9.17, 15) is 9.00 Å². The fraction of sp³-hybridized carbons (Fsp3) is 0.462. The van der Waals surface area contributed by atoms with Gasteiger partial charge in [0, 0.05) is 12.2 Å². The Labute approximate surface area is 110 Å². The number of nitrogen functional groups attached to an aromatic ring is 1. The van der Waals surface area contributed by atoms with Crippen molar-refractivity contribution in [2.45, 2.75) is 25.7 Å². The molecule has 1 rings (SSSR count). The topological polar surface area (TPSA) is 72.2 Å². The first-order valence-electron chi connectivity index (χ1n) is 5.91. The van der Waals surface area contributed by atoms with Crippen LogP contribution in [-0.2, 0) is 15.6 Å². The Morgan fingerprint density at radius 1 is 1.44 bits per heavy atom. The van der Waals surface area contributed by atoms with Crippen molar-refractivity contribution in [3.05, 3.63) is 23.8 Å². The van der Waals surface area contributed by atoms with E-state index < -0.39 is 10.8 Å². The van der Waals surface area contributed by atoms with Crippen molar-refractivity contribution in [2.75, 3.05) is 18.0 Å². The number of hydrogen-bond acceptors (Lipinski definition) is 3. The summed E-state index contributed by atoms with van der Waals surface area (Å²) in [5, 5.41) is 2.74. The van der Waals surface area contributed by atoms with Crippen molar-refractivity contribution in [1.29, 1.82) is 0 Å². The van der Waals surface area contributed by atoms with Crippen molar-refractivity contribution >= 4 is 22.4 Å². The summed E-state index contributed by atoms with van der Waals surface area (Å²) in [5.74, 6) is 0.133. The molecule has 1 atom stereocenters. The molecule has 100 valence electrons. The molecule has 1 aromatic carbocycles. The van der Waals surface area contributed by atoms with Crippen molar-refractivity contribution in [1.82, 2.24) is 5.32 Å². The van der Waals surface area contributed by atoms with E-state index >= 15 is 0 Å². The molecule has 3 N–H and O–H groups in total. The molecule has 0 radical (unpaired) electrons. The third-order valence-electron chi connectivity index (χ3n) is 2.38. The molecule has 1 unspecified atom stereocenters. The lowest BCUT2D eigenvalue weighted by molar-refractivity contribution is -0.118. The first-order valence-corrected chi connectivity index (χ1v) is 7.23. The Morgan fingerprint density at radius 2 is 2.11 bits per heavy atom. The van der Waals surface area contributed by atoms with Gasteiger partial charge in [-0.05, 0) is 30.5 Å². The van der Waals surface area contributed by atoms with Crippen LogP contribution in [0.1, 0.15) is 19.4 Å². The number of nitrogens with two attached hydrogens (primary N) is 1. The molecule has 5 heteroatoms. The molecule has 0 bridgehead atoms. The minimum absolute atomic E-state index is 0.0417. The van der Waals surface area contributed by atoms with Crippen LogP contribution in [-0.4, -0.2) is 22.4 Å². The highest BCUT2D eigenvalue weighted by Gasteiger charge is 2.12. The highest BCUT2D eigenvalue weighted by Crippen LogP contribution is 2.17. The zero-order valence-electron chi connectivity index (χ0n) is 11.0. The Bertz CT molecular complexity index is 458. The van der Waals surface area contributed by atoms with Crippen LogP contribution in [0, 0.1) is 12.8 Å². The minimum Gasteiger partial charge on any atom is -0.398 e. The molecule has 0 spiro atoms. The second-order valence-corrected chi connectivity index (χ2v) is 6.15. The number of aryl methyl sites for hydroxylation is 1. The number of benzene rings is 1. The van der Waals surface area contributed by atoms with E-state index in [2.05, 4.69) is 5.32 Å². The summed E-state index contributed by atoms with van der Waals surface area (Å²) in [6, 6.07) is 5.32. The van der Waals surface area contributed by atoms with E-state index in [0.717, 1.165) is 5.56 Å². The quantitative estimate of drug-likeness (QED) is 0.794. The summed E-state index contributed by atoms with van der Waals surface area (Å²) >= 11 is 0. The second-order valence-electron chi connectivity index (χ2n) is 4.73. The standard InChI is InChI=1S/C13H20N2O2S/c1-9(2)7-15-13(16)8-18(17)12-5-4-10(3)6-11(12)14/h4-6,9H,7-8,14H2,1-3H3,(H,15,16). The van der Waals surface area contributed by atoms with Crippen LogP contribution < -0.4 is 11.1 Å². The van der Waals surface area contributed by atoms with Crippen LogP contribution >= 0.6 is 0 Å². The summed E-state index contributed by atoms with van der Waals surface area (Å²) in [7, 11) is -1.39. The molecule has 1 aromatic rings. The summed E-state index contributed by atoms with van der Waals surface area (Å²) < 4.78 is 12.0. The zero-order valence-corrected chi connectivity index (χ0v) is 11.8. The maximum atomic E-state index is 12.0. The van der Waals surface area contributed by atoms with Crippen molar-refractivity contribution in [3.63, 3.8) is 0 Å². The maximum absolute atomic E-state index is 12.0. The van der Waals surface area contributed by atoms with Crippen molar-refractivity contribution < 1.29 is 9.00 Å². The summed E-state index contributed by atoms with van der Waals surface area (Å²) in [6.07, 6.45) is 0. The lowest BCUT2D eigenvalue weighted by Crippen LogP contribution is -2.31. The zero-order chi connectivity index (χ0) is 13.7. The van der Waals surface area contributed by atoms with E-state index in [4.69, 9.17) is 5.73 Å². The third-order valence-corrected chi connectivity index (χ3v) is 3.77. The molecule has 0 saturated carbocycles. The van der Waals surface area contributed by atoms with Gasteiger partial charge in [-0.3, -0.25) is 9.00 Å². The van der Waals surface area contributed by atoms with Crippen LogP contribution in [0.2, 0.25) is 0 Å². The second kappa shape index (κ2) is 6.54. The van der Waals surface area contributed by atoms with E-state index in [1.807, 2.05) is 26.8 Å². The number of nitrogens with one attached hydrogen (secondary N) is 1. The smallest absolute Gasteiger partial charge is 0.233 e. The number of carbonyl (C=O) groups is 1. The largest absolute Gasteiger partial charge is 0.398 e. The van der Waals surface area contributed by atoms with Gasteiger partial charge in [-0.1, -0.05) is 19.9 Å². The Morgan fingerprint density at radius 3 is 2.67 bits per heavy atom. The lowest BCUT2D eigenvalue weighted by atomic mass is 10.2. The van der Waals surface area contributed by atoms with Gasteiger partial charge in [0.05, 0.1) is 15.7 Å². The van der Waals surface area contributed by atoms with Crippen molar-refractivity contribution in [2.24, 2.45) is 5.92 Å². The van der Waals surface area contributed by atoms with Crippen molar-refractivity contribution in [3.8, 4) is 0 Å². The molecule has 0 aliphatic carbocycles. The van der Waals surface area contributed by atoms with Crippen LogP contribution in [0.3, 0.4) is 0 Å². The normalized spacial score (nSPS) is 12.4. The van der Waals surface area contributed by atoms with Crippen LogP contribution in [0.25, 0.3) is 0 Å². The Balaban J connectivity index is 2.62. The molecule has 18 heavy (non-hydrogen) atoms. The molecule has 0 saturated heterocycles. The third kappa shape index (κ3) is 4.49. The first kappa shape index (κ1) is 14.7. The number of carbonyl (C=O) groups excluding carboxylic acids is 1. The number of amides is 1. The molecule has 0 aliphatic heterocycles. The predicted molar refractivity (Wildman–Crippen MR) is 74.7 cm³/mol. The van der Waals surface area contributed by atoms with Crippen LogP contribution in [0.5, 0.6) is 0 Å². The van der Waals surface area contributed by atoms with Gasteiger partial charge in [0.2, 0.25) is 5.91 Å². The summed E-state index contributed by atoms with van der Waals surface area (Å²) in [4.78, 5) is 12.1. The fourth-order valence-corrected chi connectivity index (χ4v) is 2.48.